The van der Waals surface area contributed by atoms with Crippen LogP contribution >= 0.6 is 0 Å². The van der Waals surface area contributed by atoms with Crippen molar-refractivity contribution in [2.45, 2.75) is 20.8 Å². The van der Waals surface area contributed by atoms with Gasteiger partial charge in [-0.3, -0.25) is 19.3 Å². The molecule has 0 bridgehead atoms. The van der Waals surface area contributed by atoms with Crippen LogP contribution in [0.15, 0.2) is 53.1 Å². The van der Waals surface area contributed by atoms with Crippen LogP contribution < -0.4 is 9.64 Å². The molecule has 0 saturated heterocycles. The number of rotatable bonds is 4. The number of esters is 1. The van der Waals surface area contributed by atoms with Crippen molar-refractivity contribution in [2.75, 3.05) is 4.90 Å². The number of imide groups is 1. The summed E-state index contributed by atoms with van der Waals surface area (Å²) >= 11 is 0. The van der Waals surface area contributed by atoms with Gasteiger partial charge in [0, 0.05) is 26.3 Å². The van der Waals surface area contributed by atoms with Gasteiger partial charge >= 0.3 is 5.97 Å². The van der Waals surface area contributed by atoms with Crippen molar-refractivity contribution in [2.24, 2.45) is 0 Å². The van der Waals surface area contributed by atoms with Gasteiger partial charge in [-0.15, -0.1) is 0 Å². The molecule has 2 amide bonds. The number of para-hydroxylation sites is 2. The minimum atomic E-state index is -0.476. The van der Waals surface area contributed by atoms with E-state index in [4.69, 9.17) is 9.26 Å². The largest absolute Gasteiger partial charge is 0.426 e. The molecule has 0 atom stereocenters. The Labute approximate surface area is 160 Å². The summed E-state index contributed by atoms with van der Waals surface area (Å²) in [5, 5.41) is 3.97. The van der Waals surface area contributed by atoms with E-state index in [1.54, 1.807) is 48.5 Å². The van der Waals surface area contributed by atoms with Gasteiger partial charge < -0.3 is 9.26 Å². The lowest BCUT2D eigenvalue weighted by Crippen LogP contribution is -2.33. The molecule has 0 radical (unpaired) electrons. The zero-order chi connectivity index (χ0) is 20.3. The van der Waals surface area contributed by atoms with Crippen LogP contribution in [0.25, 0.3) is 22.8 Å². The molecule has 1 aromatic heterocycles. The fourth-order valence-corrected chi connectivity index (χ4v) is 2.75. The first-order chi connectivity index (χ1) is 13.4. The lowest BCUT2D eigenvalue weighted by Gasteiger charge is -2.19. The average Bonchev–Trinajstić information content (AvgIpc) is 3.11. The maximum atomic E-state index is 11.9. The van der Waals surface area contributed by atoms with Crippen LogP contribution in [0, 0.1) is 0 Å². The van der Waals surface area contributed by atoms with Gasteiger partial charge in [0.15, 0.2) is 0 Å². The van der Waals surface area contributed by atoms with Gasteiger partial charge in [0.25, 0.3) is 5.89 Å². The van der Waals surface area contributed by atoms with Crippen molar-refractivity contribution >= 4 is 23.5 Å². The van der Waals surface area contributed by atoms with E-state index in [9.17, 15) is 14.4 Å². The fourth-order valence-electron chi connectivity index (χ4n) is 2.75. The van der Waals surface area contributed by atoms with Crippen LogP contribution in [0.3, 0.4) is 0 Å². The van der Waals surface area contributed by atoms with Gasteiger partial charge in [-0.25, -0.2) is 0 Å². The maximum absolute atomic E-state index is 11.9. The van der Waals surface area contributed by atoms with E-state index < -0.39 is 17.8 Å². The Morgan fingerprint density at radius 2 is 1.50 bits per heavy atom. The highest BCUT2D eigenvalue weighted by molar-refractivity contribution is 6.15. The number of carbonyl (C=O) groups is 3. The van der Waals surface area contributed by atoms with Crippen molar-refractivity contribution < 1.29 is 23.6 Å². The van der Waals surface area contributed by atoms with Crippen LogP contribution in [0.4, 0.5) is 5.69 Å². The molecule has 0 aliphatic carbocycles. The number of nitrogens with zero attached hydrogens (tertiary/aromatic N) is 3. The normalized spacial score (nSPS) is 10.4. The Kier molecular flexibility index (Phi) is 5.30. The molecule has 8 nitrogen and oxygen atoms in total. The molecule has 0 aliphatic heterocycles. The Morgan fingerprint density at radius 3 is 2.14 bits per heavy atom. The topological polar surface area (TPSA) is 103 Å². The average molecular weight is 379 g/mol. The monoisotopic (exact) mass is 379 g/mol. The molecule has 0 saturated carbocycles. The molecule has 0 aliphatic rings. The van der Waals surface area contributed by atoms with Crippen LogP contribution in [-0.2, 0) is 14.4 Å². The molecule has 3 rings (SSSR count). The van der Waals surface area contributed by atoms with E-state index in [-0.39, 0.29) is 17.5 Å². The molecule has 3 aromatic rings. The predicted molar refractivity (Wildman–Crippen MR) is 100 cm³/mol. The smallest absolute Gasteiger partial charge is 0.308 e. The molecule has 2 aromatic carbocycles. The summed E-state index contributed by atoms with van der Waals surface area (Å²) in [4.78, 5) is 40.6. The third-order valence-electron chi connectivity index (χ3n) is 3.81. The minimum absolute atomic E-state index is 0.138. The molecule has 0 unspecified atom stereocenters. The molecular formula is C20H17N3O5. The Hall–Kier alpha value is -3.81. The van der Waals surface area contributed by atoms with Crippen LogP contribution in [0.1, 0.15) is 20.8 Å². The lowest BCUT2D eigenvalue weighted by atomic mass is 10.1. The first kappa shape index (κ1) is 19.0. The lowest BCUT2D eigenvalue weighted by molar-refractivity contribution is -0.132. The number of ether oxygens (including phenoxy) is 1. The minimum Gasteiger partial charge on any atom is -0.426 e. The quantitative estimate of drug-likeness (QED) is 0.506. The first-order valence-corrected chi connectivity index (χ1v) is 8.40. The van der Waals surface area contributed by atoms with E-state index in [1.165, 1.54) is 20.8 Å². The SMILES string of the molecule is CC(=O)Oc1ccccc1-c1nc(-c2ccccc2N(C(C)=O)C(C)=O)no1. The molecule has 1 heterocycles. The highest BCUT2D eigenvalue weighted by atomic mass is 16.5. The van der Waals surface area contributed by atoms with Crippen molar-refractivity contribution in [3.8, 4) is 28.6 Å². The molecule has 8 heteroatoms. The van der Waals surface area contributed by atoms with Gasteiger partial charge in [-0.2, -0.15) is 4.98 Å². The van der Waals surface area contributed by atoms with Gasteiger partial charge in [0.2, 0.25) is 17.6 Å². The summed E-state index contributed by atoms with van der Waals surface area (Å²) in [6.45, 7) is 3.90. The number of carbonyl (C=O) groups excluding carboxylic acids is 3. The number of amides is 2. The zero-order valence-electron chi connectivity index (χ0n) is 15.5. The summed E-state index contributed by atoms with van der Waals surface area (Å²) in [7, 11) is 0. The summed E-state index contributed by atoms with van der Waals surface area (Å²) in [5.74, 6) is -0.717. The molecule has 0 spiro atoms. The number of hydrogen-bond acceptors (Lipinski definition) is 7. The third-order valence-corrected chi connectivity index (χ3v) is 3.81. The van der Waals surface area contributed by atoms with E-state index in [1.807, 2.05) is 0 Å². The maximum Gasteiger partial charge on any atom is 0.308 e. The Bertz CT molecular complexity index is 1040. The molecule has 142 valence electrons. The highest BCUT2D eigenvalue weighted by Gasteiger charge is 2.23. The number of benzene rings is 2. The van der Waals surface area contributed by atoms with Gasteiger partial charge in [-0.1, -0.05) is 29.4 Å². The van der Waals surface area contributed by atoms with Gasteiger partial charge in [0.1, 0.15) is 5.75 Å². The Balaban J connectivity index is 2.07. The second kappa shape index (κ2) is 7.83. The van der Waals surface area contributed by atoms with Crippen molar-refractivity contribution in [1.82, 2.24) is 10.1 Å². The van der Waals surface area contributed by atoms with Crippen LogP contribution in [-0.4, -0.2) is 27.9 Å². The molecular weight excluding hydrogens is 362 g/mol. The van der Waals surface area contributed by atoms with Crippen LogP contribution in [0.2, 0.25) is 0 Å². The third kappa shape index (κ3) is 3.80. The van der Waals surface area contributed by atoms with Crippen molar-refractivity contribution in [3.63, 3.8) is 0 Å². The first-order valence-electron chi connectivity index (χ1n) is 8.40. The van der Waals surface area contributed by atoms with E-state index >= 15 is 0 Å². The van der Waals surface area contributed by atoms with Crippen molar-refractivity contribution in [3.05, 3.63) is 48.5 Å². The van der Waals surface area contributed by atoms with E-state index in [2.05, 4.69) is 10.1 Å². The van der Waals surface area contributed by atoms with Crippen LogP contribution in [0.5, 0.6) is 5.75 Å². The van der Waals surface area contributed by atoms with E-state index in [0.717, 1.165) is 4.90 Å². The number of anilines is 1. The van der Waals surface area contributed by atoms with Gasteiger partial charge in [-0.05, 0) is 24.3 Å². The van der Waals surface area contributed by atoms with Crippen molar-refractivity contribution in [1.29, 1.82) is 0 Å². The predicted octanol–water partition coefficient (Wildman–Crippen LogP) is 3.23. The summed E-state index contributed by atoms with van der Waals surface area (Å²) in [6.07, 6.45) is 0. The van der Waals surface area contributed by atoms with Gasteiger partial charge in [0.05, 0.1) is 11.3 Å². The second-order valence-corrected chi connectivity index (χ2v) is 5.90. The molecule has 0 N–H and O–H groups in total. The molecule has 28 heavy (non-hydrogen) atoms. The summed E-state index contributed by atoms with van der Waals surface area (Å²) < 4.78 is 10.5. The zero-order valence-corrected chi connectivity index (χ0v) is 15.5. The fraction of sp³-hybridized carbons (Fsp3) is 0.150. The summed E-state index contributed by atoms with van der Waals surface area (Å²) in [5.41, 5.74) is 1.25. The number of hydrogen-bond donors (Lipinski definition) is 0. The Morgan fingerprint density at radius 1 is 0.893 bits per heavy atom. The number of aromatic nitrogens is 2. The van der Waals surface area contributed by atoms with E-state index in [0.29, 0.717) is 16.8 Å². The standard InChI is InChI=1S/C20H17N3O5/c1-12(24)23(13(2)25)17-10-6-4-8-15(17)19-21-20(28-22-19)16-9-5-7-11-18(16)27-14(3)26/h4-11H,1-3H3. The summed E-state index contributed by atoms with van der Waals surface area (Å²) in [6, 6.07) is 13.5. The second-order valence-electron chi connectivity index (χ2n) is 5.90. The highest BCUT2D eigenvalue weighted by Crippen LogP contribution is 2.33. The molecule has 0 fully saturated rings.